The number of benzene rings is 1. The first-order valence-corrected chi connectivity index (χ1v) is 7.09. The van der Waals surface area contributed by atoms with Crippen LogP contribution in [0, 0.1) is 6.57 Å². The van der Waals surface area contributed by atoms with Gasteiger partial charge in [0, 0.05) is 5.69 Å². The molecule has 1 aliphatic rings. The number of carbonyl (C=O) groups excluding carboxylic acids is 2. The number of rotatable bonds is 1. The molecule has 1 aliphatic heterocycles. The molecule has 1 aromatic carbocycles. The molecule has 0 aliphatic carbocycles. The summed E-state index contributed by atoms with van der Waals surface area (Å²) in [4.78, 5) is 27.4. The van der Waals surface area contributed by atoms with Crippen LogP contribution in [0.1, 0.15) is 32.8 Å². The summed E-state index contributed by atoms with van der Waals surface area (Å²) in [6.45, 7) is 12.3. The van der Waals surface area contributed by atoms with E-state index in [1.807, 2.05) is 0 Å². The van der Waals surface area contributed by atoms with Gasteiger partial charge in [0.1, 0.15) is 11.6 Å². The van der Waals surface area contributed by atoms with E-state index in [4.69, 9.17) is 11.3 Å². The van der Waals surface area contributed by atoms with Gasteiger partial charge in [-0.25, -0.2) is 9.64 Å². The Morgan fingerprint density at radius 1 is 1.45 bits per heavy atom. The summed E-state index contributed by atoms with van der Waals surface area (Å²) in [6, 6.07) is 4.49. The van der Waals surface area contributed by atoms with E-state index < -0.39 is 17.7 Å². The highest BCUT2D eigenvalue weighted by Gasteiger charge is 2.27. The van der Waals surface area contributed by atoms with Crippen LogP contribution in [0.3, 0.4) is 0 Å². The molecule has 2 amide bonds. The number of amides is 2. The SMILES string of the molecule is [C-]#[N+]c1ccc2c(c1)CC[C@H](NC(=O)OC(C)(C)C)C(=O)N2. The average Bonchev–Trinajstić information content (AvgIpc) is 2.56. The number of hydrogen-bond donors (Lipinski definition) is 2. The van der Waals surface area contributed by atoms with Gasteiger partial charge in [0.05, 0.1) is 6.57 Å². The molecule has 1 heterocycles. The van der Waals surface area contributed by atoms with Crippen LogP contribution in [-0.2, 0) is 16.0 Å². The predicted octanol–water partition coefficient (Wildman–Crippen LogP) is 3.02. The standard InChI is InChI=1S/C16H19N3O3/c1-16(2,3)22-15(21)19-13-7-5-10-9-11(17-4)6-8-12(10)18-14(13)20/h6,8-9,13H,5,7H2,1-3H3,(H,18,20)(H,19,21)/t13-/m0/s1. The van der Waals surface area contributed by atoms with Crippen LogP contribution in [0.4, 0.5) is 16.2 Å². The van der Waals surface area contributed by atoms with Crippen molar-refractivity contribution in [3.63, 3.8) is 0 Å². The summed E-state index contributed by atoms with van der Waals surface area (Å²) in [5, 5.41) is 5.37. The van der Waals surface area contributed by atoms with E-state index >= 15 is 0 Å². The van der Waals surface area contributed by atoms with Crippen molar-refractivity contribution < 1.29 is 14.3 Å². The fourth-order valence-electron chi connectivity index (χ4n) is 2.22. The smallest absolute Gasteiger partial charge is 0.408 e. The van der Waals surface area contributed by atoms with Crippen molar-refractivity contribution >= 4 is 23.4 Å². The molecule has 0 aromatic heterocycles. The zero-order chi connectivity index (χ0) is 16.3. The molecular weight excluding hydrogens is 282 g/mol. The van der Waals surface area contributed by atoms with Crippen LogP contribution in [0.2, 0.25) is 0 Å². The van der Waals surface area contributed by atoms with E-state index in [2.05, 4.69) is 15.5 Å². The number of carbonyl (C=O) groups is 2. The maximum Gasteiger partial charge on any atom is 0.408 e. The third-order valence-electron chi connectivity index (χ3n) is 3.19. The van der Waals surface area contributed by atoms with E-state index in [1.54, 1.807) is 39.0 Å². The zero-order valence-corrected chi connectivity index (χ0v) is 12.9. The fourth-order valence-corrected chi connectivity index (χ4v) is 2.22. The molecule has 6 heteroatoms. The summed E-state index contributed by atoms with van der Waals surface area (Å²) >= 11 is 0. The molecule has 0 bridgehead atoms. The average molecular weight is 301 g/mol. The van der Waals surface area contributed by atoms with Crippen molar-refractivity contribution in [1.82, 2.24) is 5.32 Å². The topological polar surface area (TPSA) is 71.8 Å². The van der Waals surface area contributed by atoms with Gasteiger partial charge < -0.3 is 15.4 Å². The summed E-state index contributed by atoms with van der Waals surface area (Å²) in [7, 11) is 0. The second kappa shape index (κ2) is 6.06. The Labute approximate surface area is 129 Å². The fraction of sp³-hybridized carbons (Fsp3) is 0.438. The van der Waals surface area contributed by atoms with Gasteiger partial charge in [-0.1, -0.05) is 12.1 Å². The largest absolute Gasteiger partial charge is 0.444 e. The molecule has 2 rings (SSSR count). The van der Waals surface area contributed by atoms with Gasteiger partial charge in [-0.15, -0.1) is 0 Å². The van der Waals surface area contributed by atoms with Crippen molar-refractivity contribution in [2.24, 2.45) is 0 Å². The molecule has 116 valence electrons. The number of ether oxygens (including phenoxy) is 1. The van der Waals surface area contributed by atoms with Gasteiger partial charge in [-0.05, 0) is 45.2 Å². The molecule has 6 nitrogen and oxygen atoms in total. The highest BCUT2D eigenvalue weighted by atomic mass is 16.6. The minimum atomic E-state index is -0.654. The Morgan fingerprint density at radius 3 is 2.82 bits per heavy atom. The normalized spacial score (nSPS) is 17.5. The molecule has 0 saturated carbocycles. The lowest BCUT2D eigenvalue weighted by Crippen LogP contribution is -2.45. The van der Waals surface area contributed by atoms with E-state index in [0.29, 0.717) is 24.2 Å². The van der Waals surface area contributed by atoms with Crippen LogP contribution in [0.15, 0.2) is 18.2 Å². The van der Waals surface area contributed by atoms with Crippen molar-refractivity contribution in [2.75, 3.05) is 5.32 Å². The van der Waals surface area contributed by atoms with E-state index in [9.17, 15) is 9.59 Å². The quantitative estimate of drug-likeness (QED) is 0.783. The lowest BCUT2D eigenvalue weighted by atomic mass is 10.1. The maximum atomic E-state index is 12.2. The van der Waals surface area contributed by atoms with E-state index in [0.717, 1.165) is 5.56 Å². The highest BCUT2D eigenvalue weighted by Crippen LogP contribution is 2.26. The van der Waals surface area contributed by atoms with Gasteiger partial charge >= 0.3 is 6.09 Å². The van der Waals surface area contributed by atoms with E-state index in [-0.39, 0.29) is 5.91 Å². The summed E-state index contributed by atoms with van der Waals surface area (Å²) < 4.78 is 5.17. The second-order valence-electron chi connectivity index (χ2n) is 6.18. The first kappa shape index (κ1) is 15.8. The Morgan fingerprint density at radius 2 is 2.18 bits per heavy atom. The van der Waals surface area contributed by atoms with Crippen LogP contribution < -0.4 is 10.6 Å². The molecular formula is C16H19N3O3. The lowest BCUT2D eigenvalue weighted by Gasteiger charge is -2.22. The number of nitrogens with zero attached hydrogens (tertiary/aromatic N) is 1. The number of fused-ring (bicyclic) bond motifs is 1. The van der Waals surface area contributed by atoms with Gasteiger partial charge in [0.15, 0.2) is 5.69 Å². The number of nitrogens with one attached hydrogen (secondary N) is 2. The van der Waals surface area contributed by atoms with E-state index in [1.165, 1.54) is 0 Å². The third kappa shape index (κ3) is 3.98. The van der Waals surface area contributed by atoms with Gasteiger partial charge in [-0.3, -0.25) is 4.79 Å². The molecule has 0 spiro atoms. The number of alkyl carbamates (subject to hydrolysis) is 1. The second-order valence-corrected chi connectivity index (χ2v) is 6.18. The zero-order valence-electron chi connectivity index (χ0n) is 12.9. The van der Waals surface area contributed by atoms with Crippen molar-refractivity contribution in [2.45, 2.75) is 45.3 Å². The van der Waals surface area contributed by atoms with Crippen LogP contribution in [0.25, 0.3) is 4.85 Å². The Balaban J connectivity index is 2.08. The number of aryl methyl sites for hydroxylation is 1. The van der Waals surface area contributed by atoms with Gasteiger partial charge in [0.2, 0.25) is 5.91 Å². The minimum absolute atomic E-state index is 0.278. The lowest BCUT2D eigenvalue weighted by molar-refractivity contribution is -0.118. The molecule has 2 N–H and O–H groups in total. The first-order valence-electron chi connectivity index (χ1n) is 7.09. The molecule has 1 atom stereocenters. The summed E-state index contributed by atoms with van der Waals surface area (Å²) in [6.07, 6.45) is 0.442. The van der Waals surface area contributed by atoms with Crippen molar-refractivity contribution in [1.29, 1.82) is 0 Å². The van der Waals surface area contributed by atoms with Crippen molar-refractivity contribution in [3.05, 3.63) is 35.2 Å². The number of anilines is 1. The molecule has 22 heavy (non-hydrogen) atoms. The Kier molecular flexibility index (Phi) is 4.36. The highest BCUT2D eigenvalue weighted by molar-refractivity contribution is 5.98. The molecule has 0 saturated heterocycles. The van der Waals surface area contributed by atoms with Crippen molar-refractivity contribution in [3.8, 4) is 0 Å². The minimum Gasteiger partial charge on any atom is -0.444 e. The number of hydrogen-bond acceptors (Lipinski definition) is 3. The predicted molar refractivity (Wildman–Crippen MR) is 82.8 cm³/mol. The summed E-state index contributed by atoms with van der Waals surface area (Å²) in [5.41, 5.74) is 1.51. The maximum absolute atomic E-state index is 12.2. The van der Waals surface area contributed by atoms with Gasteiger partial charge in [0.25, 0.3) is 0 Å². The Hall–Kier alpha value is -2.55. The van der Waals surface area contributed by atoms with Crippen LogP contribution >= 0.6 is 0 Å². The van der Waals surface area contributed by atoms with Gasteiger partial charge in [-0.2, -0.15) is 0 Å². The molecule has 1 aromatic rings. The van der Waals surface area contributed by atoms with Crippen LogP contribution in [0.5, 0.6) is 0 Å². The van der Waals surface area contributed by atoms with Crippen LogP contribution in [-0.4, -0.2) is 23.6 Å². The monoisotopic (exact) mass is 301 g/mol. The molecule has 0 fully saturated rings. The third-order valence-corrected chi connectivity index (χ3v) is 3.19. The molecule has 0 radical (unpaired) electrons. The summed E-state index contributed by atoms with van der Waals surface area (Å²) in [5.74, 6) is -0.278. The molecule has 0 unspecified atom stereocenters. The Bertz CT molecular complexity index is 641. The first-order chi connectivity index (χ1) is 10.3.